The zero-order valence-corrected chi connectivity index (χ0v) is 11.3. The molecule has 0 bridgehead atoms. The van der Waals surface area contributed by atoms with Crippen molar-refractivity contribution in [3.8, 4) is 0 Å². The highest BCUT2D eigenvalue weighted by molar-refractivity contribution is 5.36. The van der Waals surface area contributed by atoms with Crippen molar-refractivity contribution < 1.29 is 5.11 Å². The van der Waals surface area contributed by atoms with Crippen molar-refractivity contribution >= 4 is 0 Å². The molecule has 0 saturated heterocycles. The maximum atomic E-state index is 10.7. The topological polar surface area (TPSA) is 20.2 Å². The molecule has 0 amide bonds. The van der Waals surface area contributed by atoms with Gasteiger partial charge in [-0.3, -0.25) is 0 Å². The lowest BCUT2D eigenvalue weighted by atomic mass is 9.78. The highest BCUT2D eigenvalue weighted by Gasteiger charge is 2.27. The van der Waals surface area contributed by atoms with Crippen LogP contribution in [0.3, 0.4) is 0 Å². The molecular weight excluding hydrogens is 232 g/mol. The average molecular weight is 252 g/mol. The Balaban J connectivity index is 1.95. The summed E-state index contributed by atoms with van der Waals surface area (Å²) in [7, 11) is 0. The monoisotopic (exact) mass is 252 g/mol. The summed E-state index contributed by atoms with van der Waals surface area (Å²) in [5.41, 5.74) is 5.00. The number of hydrogen-bond donors (Lipinski definition) is 1. The molecule has 3 rings (SSSR count). The fraction of sp³-hybridized carbons (Fsp3) is 0.333. The Morgan fingerprint density at radius 2 is 1.95 bits per heavy atom. The number of rotatable bonds is 2. The lowest BCUT2D eigenvalue weighted by Crippen LogP contribution is -2.17. The van der Waals surface area contributed by atoms with E-state index in [1.54, 1.807) is 0 Å². The highest BCUT2D eigenvalue weighted by Crippen LogP contribution is 2.40. The standard InChI is InChI=1S/C18H20O/c1-13-6-4-9-15(12-13)18(19)17-11-5-8-14-7-2-3-10-16(14)17/h2-4,6-7,9-10,12,17-19H,5,8,11H2,1H3/t17?,18-/m0/s1. The summed E-state index contributed by atoms with van der Waals surface area (Å²) in [6, 6.07) is 16.8. The molecule has 1 nitrogen and oxygen atoms in total. The van der Waals surface area contributed by atoms with Gasteiger partial charge in [-0.25, -0.2) is 0 Å². The van der Waals surface area contributed by atoms with Gasteiger partial charge in [0, 0.05) is 5.92 Å². The third kappa shape index (κ3) is 2.43. The van der Waals surface area contributed by atoms with Crippen molar-refractivity contribution in [2.75, 3.05) is 0 Å². The summed E-state index contributed by atoms with van der Waals surface area (Å²) in [4.78, 5) is 0. The van der Waals surface area contributed by atoms with Crippen LogP contribution in [0, 0.1) is 6.92 Å². The van der Waals surface area contributed by atoms with E-state index in [0.29, 0.717) is 0 Å². The molecule has 0 fully saturated rings. The Morgan fingerprint density at radius 1 is 1.11 bits per heavy atom. The van der Waals surface area contributed by atoms with Gasteiger partial charge >= 0.3 is 0 Å². The molecule has 1 heteroatoms. The summed E-state index contributed by atoms with van der Waals surface area (Å²) >= 11 is 0. The molecule has 0 aromatic heterocycles. The fourth-order valence-electron chi connectivity index (χ4n) is 3.21. The van der Waals surface area contributed by atoms with Gasteiger partial charge in [0.25, 0.3) is 0 Å². The third-order valence-electron chi connectivity index (χ3n) is 4.18. The van der Waals surface area contributed by atoms with Gasteiger partial charge in [0.2, 0.25) is 0 Å². The molecule has 1 unspecified atom stereocenters. The minimum Gasteiger partial charge on any atom is -0.388 e. The molecule has 0 aliphatic heterocycles. The summed E-state index contributed by atoms with van der Waals surface area (Å²) in [6.07, 6.45) is 3.01. The first-order valence-electron chi connectivity index (χ1n) is 7.08. The van der Waals surface area contributed by atoms with Gasteiger partial charge in [-0.15, -0.1) is 0 Å². The Morgan fingerprint density at radius 3 is 2.79 bits per heavy atom. The molecule has 1 aliphatic carbocycles. The van der Waals surface area contributed by atoms with Gasteiger partial charge in [-0.1, -0.05) is 54.1 Å². The summed E-state index contributed by atoms with van der Waals surface area (Å²) in [5.74, 6) is 0.242. The second-order valence-corrected chi connectivity index (χ2v) is 5.56. The maximum Gasteiger partial charge on any atom is 0.0858 e. The summed E-state index contributed by atoms with van der Waals surface area (Å²) in [6.45, 7) is 2.07. The number of aliphatic hydroxyl groups is 1. The van der Waals surface area contributed by atoms with Gasteiger partial charge in [-0.05, 0) is 42.9 Å². The molecule has 0 spiro atoms. The Kier molecular flexibility index (Phi) is 3.39. The first kappa shape index (κ1) is 12.4. The van der Waals surface area contributed by atoms with Gasteiger partial charge < -0.3 is 5.11 Å². The lowest BCUT2D eigenvalue weighted by molar-refractivity contribution is 0.136. The van der Waals surface area contributed by atoms with Crippen molar-refractivity contribution in [1.82, 2.24) is 0 Å². The number of aryl methyl sites for hydroxylation is 2. The smallest absolute Gasteiger partial charge is 0.0858 e. The Bertz CT molecular complexity index is 573. The molecule has 0 radical (unpaired) electrons. The van der Waals surface area contributed by atoms with Crippen molar-refractivity contribution in [3.63, 3.8) is 0 Å². The third-order valence-corrected chi connectivity index (χ3v) is 4.18. The van der Waals surface area contributed by atoms with Crippen molar-refractivity contribution in [1.29, 1.82) is 0 Å². The van der Waals surface area contributed by atoms with Crippen molar-refractivity contribution in [3.05, 3.63) is 70.8 Å². The number of fused-ring (bicyclic) bond motifs is 1. The lowest BCUT2D eigenvalue weighted by Gasteiger charge is -2.29. The van der Waals surface area contributed by atoms with Crippen LogP contribution in [-0.4, -0.2) is 5.11 Å². The minimum absolute atomic E-state index is 0.242. The molecule has 2 aromatic rings. The van der Waals surface area contributed by atoms with Gasteiger partial charge in [0.05, 0.1) is 6.10 Å². The Labute approximate surface area is 114 Å². The second kappa shape index (κ2) is 5.18. The van der Waals surface area contributed by atoms with Crippen LogP contribution >= 0.6 is 0 Å². The summed E-state index contributed by atoms with van der Waals surface area (Å²) in [5, 5.41) is 10.7. The normalized spacial score (nSPS) is 19.8. The fourth-order valence-corrected chi connectivity index (χ4v) is 3.21. The van der Waals surface area contributed by atoms with Gasteiger partial charge in [-0.2, -0.15) is 0 Å². The molecule has 98 valence electrons. The van der Waals surface area contributed by atoms with Crippen LogP contribution in [-0.2, 0) is 6.42 Å². The van der Waals surface area contributed by atoms with Crippen LogP contribution in [0.5, 0.6) is 0 Å². The van der Waals surface area contributed by atoms with Gasteiger partial charge in [0.15, 0.2) is 0 Å². The van der Waals surface area contributed by atoms with Crippen molar-refractivity contribution in [2.24, 2.45) is 0 Å². The van der Waals surface area contributed by atoms with E-state index < -0.39 is 0 Å². The number of hydrogen-bond acceptors (Lipinski definition) is 1. The first-order valence-corrected chi connectivity index (χ1v) is 7.08. The highest BCUT2D eigenvalue weighted by atomic mass is 16.3. The van der Waals surface area contributed by atoms with E-state index in [-0.39, 0.29) is 12.0 Å². The van der Waals surface area contributed by atoms with E-state index in [1.165, 1.54) is 23.1 Å². The van der Waals surface area contributed by atoms with E-state index >= 15 is 0 Å². The number of benzene rings is 2. The molecule has 2 atom stereocenters. The van der Waals surface area contributed by atoms with E-state index in [4.69, 9.17) is 0 Å². The largest absolute Gasteiger partial charge is 0.388 e. The van der Waals surface area contributed by atoms with Gasteiger partial charge in [0.1, 0.15) is 0 Å². The van der Waals surface area contributed by atoms with E-state index in [0.717, 1.165) is 18.4 Å². The predicted molar refractivity (Wildman–Crippen MR) is 78.3 cm³/mol. The second-order valence-electron chi connectivity index (χ2n) is 5.56. The van der Waals surface area contributed by atoms with Crippen LogP contribution in [0.1, 0.15) is 47.1 Å². The van der Waals surface area contributed by atoms with Crippen LogP contribution in [0.25, 0.3) is 0 Å². The molecule has 19 heavy (non-hydrogen) atoms. The average Bonchev–Trinajstić information content (AvgIpc) is 2.46. The van der Waals surface area contributed by atoms with E-state index in [2.05, 4.69) is 43.3 Å². The van der Waals surface area contributed by atoms with Crippen LogP contribution < -0.4 is 0 Å². The zero-order chi connectivity index (χ0) is 13.2. The maximum absolute atomic E-state index is 10.7. The quantitative estimate of drug-likeness (QED) is 0.851. The SMILES string of the molecule is Cc1cccc([C@H](O)C2CCCc3ccccc32)c1. The molecule has 1 aliphatic rings. The summed E-state index contributed by atoms with van der Waals surface area (Å²) < 4.78 is 0. The molecule has 0 heterocycles. The van der Waals surface area contributed by atoms with Crippen LogP contribution in [0.4, 0.5) is 0 Å². The first-order chi connectivity index (χ1) is 9.25. The minimum atomic E-state index is -0.388. The molecule has 1 N–H and O–H groups in total. The van der Waals surface area contributed by atoms with Crippen LogP contribution in [0.2, 0.25) is 0 Å². The van der Waals surface area contributed by atoms with Crippen LogP contribution in [0.15, 0.2) is 48.5 Å². The predicted octanol–water partition coefficient (Wildman–Crippen LogP) is 4.15. The molecular formula is C18H20O. The van der Waals surface area contributed by atoms with E-state index in [9.17, 15) is 5.11 Å². The molecule has 2 aromatic carbocycles. The number of aliphatic hydroxyl groups excluding tert-OH is 1. The zero-order valence-electron chi connectivity index (χ0n) is 11.3. The van der Waals surface area contributed by atoms with E-state index in [1.807, 2.05) is 12.1 Å². The molecule has 0 saturated carbocycles. The Hall–Kier alpha value is -1.60. The van der Waals surface area contributed by atoms with Crippen molar-refractivity contribution in [2.45, 2.75) is 38.2 Å².